The van der Waals surface area contributed by atoms with E-state index in [1.54, 1.807) is 13.8 Å². The first-order chi connectivity index (χ1) is 10.0. The van der Waals surface area contributed by atoms with E-state index in [1.165, 1.54) is 6.07 Å². The van der Waals surface area contributed by atoms with Gasteiger partial charge >= 0.3 is 5.69 Å². The topological polar surface area (TPSA) is 87.1 Å². The number of benzene rings is 1. The predicted molar refractivity (Wildman–Crippen MR) is 81.6 cm³/mol. The van der Waals surface area contributed by atoms with E-state index in [1.807, 2.05) is 30.3 Å². The zero-order valence-electron chi connectivity index (χ0n) is 12.0. The number of nitrogens with one attached hydrogen (secondary N) is 2. The molecule has 6 nitrogen and oxygen atoms in total. The summed E-state index contributed by atoms with van der Waals surface area (Å²) in [5.74, 6) is 0.296. The number of aromatic nitrogens is 2. The van der Waals surface area contributed by atoms with Crippen molar-refractivity contribution in [1.29, 1.82) is 0 Å². The van der Waals surface area contributed by atoms with Crippen LogP contribution in [0.2, 0.25) is 0 Å². The molecule has 2 aromatic rings. The van der Waals surface area contributed by atoms with Crippen LogP contribution in [-0.2, 0) is 0 Å². The lowest BCUT2D eigenvalue weighted by Crippen LogP contribution is -2.36. The molecule has 0 fully saturated rings. The quantitative estimate of drug-likeness (QED) is 0.773. The summed E-state index contributed by atoms with van der Waals surface area (Å²) < 4.78 is 1.14. The SMILES string of the molecule is CC(C)n1c(=O)cc(NC(CO)c2ccccc2)[nH]c1=O. The molecule has 0 aliphatic carbocycles. The van der Waals surface area contributed by atoms with Gasteiger partial charge in [-0.15, -0.1) is 0 Å². The van der Waals surface area contributed by atoms with E-state index >= 15 is 0 Å². The fourth-order valence-electron chi connectivity index (χ4n) is 2.18. The molecule has 0 radical (unpaired) electrons. The van der Waals surface area contributed by atoms with Gasteiger partial charge in [-0.2, -0.15) is 0 Å². The summed E-state index contributed by atoms with van der Waals surface area (Å²) in [7, 11) is 0. The normalized spacial score (nSPS) is 12.4. The van der Waals surface area contributed by atoms with E-state index in [0.717, 1.165) is 10.1 Å². The Labute approximate surface area is 122 Å². The number of aliphatic hydroxyl groups excluding tert-OH is 1. The molecule has 0 bridgehead atoms. The van der Waals surface area contributed by atoms with Gasteiger partial charge in [0.2, 0.25) is 0 Å². The van der Waals surface area contributed by atoms with Crippen molar-refractivity contribution in [3.8, 4) is 0 Å². The number of hydrogen-bond donors (Lipinski definition) is 3. The minimum atomic E-state index is -0.468. The molecule has 1 atom stereocenters. The predicted octanol–water partition coefficient (Wildman–Crippen LogP) is 1.26. The Bertz CT molecular complexity index is 673. The third-order valence-corrected chi connectivity index (χ3v) is 3.20. The Morgan fingerprint density at radius 2 is 1.90 bits per heavy atom. The highest BCUT2D eigenvalue weighted by Gasteiger charge is 2.12. The van der Waals surface area contributed by atoms with Gasteiger partial charge in [-0.1, -0.05) is 30.3 Å². The van der Waals surface area contributed by atoms with Crippen LogP contribution in [0.25, 0.3) is 0 Å². The van der Waals surface area contributed by atoms with E-state index in [-0.39, 0.29) is 18.2 Å². The van der Waals surface area contributed by atoms with E-state index in [2.05, 4.69) is 10.3 Å². The lowest BCUT2D eigenvalue weighted by molar-refractivity contribution is 0.276. The lowest BCUT2D eigenvalue weighted by Gasteiger charge is -2.18. The maximum absolute atomic E-state index is 11.9. The molecule has 112 valence electrons. The minimum Gasteiger partial charge on any atom is -0.394 e. The Hall–Kier alpha value is -2.34. The molecule has 21 heavy (non-hydrogen) atoms. The molecule has 0 aliphatic heterocycles. The Balaban J connectivity index is 2.31. The fraction of sp³-hybridized carbons (Fsp3) is 0.333. The third kappa shape index (κ3) is 3.41. The molecule has 6 heteroatoms. The first-order valence-corrected chi connectivity index (χ1v) is 6.81. The van der Waals surface area contributed by atoms with Crippen molar-refractivity contribution < 1.29 is 5.11 Å². The van der Waals surface area contributed by atoms with E-state index in [9.17, 15) is 14.7 Å². The molecule has 0 saturated carbocycles. The molecule has 0 spiro atoms. The zero-order chi connectivity index (χ0) is 15.4. The number of hydrogen-bond acceptors (Lipinski definition) is 4. The Morgan fingerprint density at radius 1 is 1.24 bits per heavy atom. The van der Waals surface area contributed by atoms with E-state index < -0.39 is 11.7 Å². The maximum atomic E-state index is 11.9. The van der Waals surface area contributed by atoms with Crippen LogP contribution in [-0.4, -0.2) is 21.3 Å². The number of nitrogens with zero attached hydrogens (tertiary/aromatic N) is 1. The smallest absolute Gasteiger partial charge is 0.330 e. The van der Waals surface area contributed by atoms with Crippen molar-refractivity contribution >= 4 is 5.82 Å². The highest BCUT2D eigenvalue weighted by Crippen LogP contribution is 2.16. The van der Waals surface area contributed by atoms with Crippen molar-refractivity contribution in [2.24, 2.45) is 0 Å². The van der Waals surface area contributed by atoms with Crippen molar-refractivity contribution in [3.63, 3.8) is 0 Å². The average molecular weight is 289 g/mol. The number of anilines is 1. The first kappa shape index (κ1) is 15.1. The number of aliphatic hydroxyl groups is 1. The molecule has 0 amide bonds. The highest BCUT2D eigenvalue weighted by atomic mass is 16.3. The van der Waals surface area contributed by atoms with Crippen LogP contribution < -0.4 is 16.6 Å². The van der Waals surface area contributed by atoms with Crippen LogP contribution in [0.4, 0.5) is 5.82 Å². The van der Waals surface area contributed by atoms with Gasteiger partial charge in [0.1, 0.15) is 5.82 Å². The van der Waals surface area contributed by atoms with Gasteiger partial charge in [0.25, 0.3) is 5.56 Å². The molecule has 3 N–H and O–H groups in total. The molecular formula is C15H19N3O3. The second-order valence-corrected chi connectivity index (χ2v) is 5.08. The molecule has 0 aliphatic rings. The molecule has 0 saturated heterocycles. The Kier molecular flexibility index (Phi) is 4.59. The minimum absolute atomic E-state index is 0.153. The van der Waals surface area contributed by atoms with Crippen molar-refractivity contribution in [1.82, 2.24) is 9.55 Å². The van der Waals surface area contributed by atoms with Gasteiger partial charge in [-0.3, -0.25) is 14.3 Å². The summed E-state index contributed by atoms with van der Waals surface area (Å²) in [5, 5.41) is 12.5. The monoisotopic (exact) mass is 289 g/mol. The fourth-order valence-corrected chi connectivity index (χ4v) is 2.18. The zero-order valence-corrected chi connectivity index (χ0v) is 12.0. The van der Waals surface area contributed by atoms with Gasteiger partial charge < -0.3 is 10.4 Å². The average Bonchev–Trinajstić information content (AvgIpc) is 2.44. The number of H-pyrrole nitrogens is 1. The molecule has 1 unspecified atom stereocenters. The standard InChI is InChI=1S/C15H19N3O3/c1-10(2)18-14(20)8-13(17-15(18)21)16-12(9-19)11-6-4-3-5-7-11/h3-8,10,12,16,19H,9H2,1-2H3,(H,17,21). The highest BCUT2D eigenvalue weighted by molar-refractivity contribution is 5.37. The van der Waals surface area contributed by atoms with Crippen LogP contribution in [0.15, 0.2) is 46.0 Å². The molecule has 1 aromatic heterocycles. The van der Waals surface area contributed by atoms with Crippen molar-refractivity contribution in [2.45, 2.75) is 25.9 Å². The molecule has 2 rings (SSSR count). The van der Waals surface area contributed by atoms with Gasteiger partial charge in [0.15, 0.2) is 0 Å². The summed E-state index contributed by atoms with van der Waals surface area (Å²) in [6.07, 6.45) is 0. The summed E-state index contributed by atoms with van der Waals surface area (Å²) in [6, 6.07) is 10.0. The first-order valence-electron chi connectivity index (χ1n) is 6.81. The molecule has 1 aromatic carbocycles. The van der Waals surface area contributed by atoms with E-state index in [0.29, 0.717) is 5.82 Å². The molecular weight excluding hydrogens is 270 g/mol. The second-order valence-electron chi connectivity index (χ2n) is 5.08. The van der Waals surface area contributed by atoms with Gasteiger partial charge in [-0.25, -0.2) is 4.79 Å². The largest absolute Gasteiger partial charge is 0.394 e. The van der Waals surface area contributed by atoms with Crippen molar-refractivity contribution in [3.05, 3.63) is 62.8 Å². The maximum Gasteiger partial charge on any atom is 0.330 e. The van der Waals surface area contributed by atoms with Crippen LogP contribution in [0, 0.1) is 0 Å². The van der Waals surface area contributed by atoms with Crippen LogP contribution in [0.5, 0.6) is 0 Å². The second kappa shape index (κ2) is 6.41. The lowest BCUT2D eigenvalue weighted by atomic mass is 10.1. The van der Waals surface area contributed by atoms with Gasteiger partial charge in [-0.05, 0) is 19.4 Å². The number of aromatic amines is 1. The van der Waals surface area contributed by atoms with Gasteiger partial charge in [0.05, 0.1) is 12.6 Å². The van der Waals surface area contributed by atoms with Crippen LogP contribution >= 0.6 is 0 Å². The molecule has 1 heterocycles. The van der Waals surface area contributed by atoms with Crippen LogP contribution in [0.1, 0.15) is 31.5 Å². The van der Waals surface area contributed by atoms with E-state index in [4.69, 9.17) is 0 Å². The Morgan fingerprint density at radius 3 is 2.43 bits per heavy atom. The summed E-state index contributed by atoms with van der Waals surface area (Å²) in [6.45, 7) is 3.38. The number of rotatable bonds is 5. The third-order valence-electron chi connectivity index (χ3n) is 3.20. The van der Waals surface area contributed by atoms with Gasteiger partial charge in [0, 0.05) is 12.1 Å². The van der Waals surface area contributed by atoms with Crippen molar-refractivity contribution in [2.75, 3.05) is 11.9 Å². The summed E-state index contributed by atoms with van der Waals surface area (Å²) in [5.41, 5.74) is 0.0274. The summed E-state index contributed by atoms with van der Waals surface area (Å²) >= 11 is 0. The summed E-state index contributed by atoms with van der Waals surface area (Å²) in [4.78, 5) is 26.5. The van der Waals surface area contributed by atoms with Crippen LogP contribution in [0.3, 0.4) is 0 Å².